The van der Waals surface area contributed by atoms with E-state index in [9.17, 15) is 0 Å². The third kappa shape index (κ3) is 3.00. The van der Waals surface area contributed by atoms with Crippen LogP contribution >= 0.6 is 0 Å². The number of methoxy groups -OCH3 is 1. The zero-order valence-corrected chi connectivity index (χ0v) is 13.5. The monoisotopic (exact) mass is 279 g/mol. The molecule has 4 heteroatoms. The Morgan fingerprint density at radius 3 is 2.45 bits per heavy atom. The molecule has 1 unspecified atom stereocenters. The van der Waals surface area contributed by atoms with Gasteiger partial charge < -0.3 is 10.1 Å². The Bertz CT molecular complexity index is 419. The molecule has 1 atom stereocenters. The molecule has 1 aromatic rings. The molecule has 1 aliphatic rings. The number of nitrogens with zero attached hydrogens (tertiary/aromatic N) is 2. The van der Waals surface area contributed by atoms with Crippen molar-refractivity contribution in [3.05, 3.63) is 11.9 Å². The molecular weight excluding hydrogens is 250 g/mol. The van der Waals surface area contributed by atoms with E-state index in [1.807, 2.05) is 6.20 Å². The van der Waals surface area contributed by atoms with Gasteiger partial charge in [0.1, 0.15) is 0 Å². The maximum atomic E-state index is 5.55. The molecule has 1 fully saturated rings. The second-order valence-corrected chi connectivity index (χ2v) is 6.42. The second kappa shape index (κ2) is 6.61. The summed E-state index contributed by atoms with van der Waals surface area (Å²) >= 11 is 0. The highest BCUT2D eigenvalue weighted by molar-refractivity contribution is 5.29. The topological polar surface area (TPSA) is 39.1 Å². The maximum Gasteiger partial charge on any atom is 0.161 e. The number of hydrogen-bond donors (Lipinski definition) is 1. The van der Waals surface area contributed by atoms with E-state index in [1.54, 1.807) is 7.11 Å². The molecule has 0 saturated heterocycles. The number of ether oxygens (including phenoxy) is 1. The van der Waals surface area contributed by atoms with E-state index in [2.05, 4.69) is 42.9 Å². The molecule has 20 heavy (non-hydrogen) atoms. The maximum absolute atomic E-state index is 5.55. The average molecular weight is 279 g/mol. The number of hydrogen-bond acceptors (Lipinski definition) is 3. The van der Waals surface area contributed by atoms with Crippen LogP contribution in [-0.2, 0) is 0 Å². The van der Waals surface area contributed by atoms with E-state index >= 15 is 0 Å². The van der Waals surface area contributed by atoms with E-state index in [-0.39, 0.29) is 0 Å². The summed E-state index contributed by atoms with van der Waals surface area (Å²) in [5.74, 6) is 2.47. The molecule has 114 valence electrons. The molecule has 0 aliphatic heterocycles. The highest BCUT2D eigenvalue weighted by Crippen LogP contribution is 2.40. The normalized spacial score (nSPS) is 24.9. The van der Waals surface area contributed by atoms with E-state index in [1.165, 1.54) is 31.4 Å². The van der Waals surface area contributed by atoms with Gasteiger partial charge in [-0.2, -0.15) is 5.10 Å². The van der Waals surface area contributed by atoms with E-state index in [0.717, 1.165) is 11.7 Å². The second-order valence-electron chi connectivity index (χ2n) is 6.42. The first-order valence-corrected chi connectivity index (χ1v) is 7.87. The predicted molar refractivity (Wildman–Crippen MR) is 82.1 cm³/mol. The minimum Gasteiger partial charge on any atom is -0.493 e. The molecule has 1 N–H and O–H groups in total. The van der Waals surface area contributed by atoms with Gasteiger partial charge in [-0.1, -0.05) is 19.8 Å². The van der Waals surface area contributed by atoms with Crippen molar-refractivity contribution < 1.29 is 4.74 Å². The fourth-order valence-corrected chi connectivity index (χ4v) is 3.44. The standard InChI is InChI=1S/C16H29N3O/c1-11(2)19-16(14(20-5)10-18-19)15(17-4)13-8-6-12(3)7-9-13/h10-13,15,17H,6-9H2,1-5H3. The van der Waals surface area contributed by atoms with Crippen molar-refractivity contribution in [3.63, 3.8) is 0 Å². The molecule has 4 nitrogen and oxygen atoms in total. The Morgan fingerprint density at radius 2 is 1.95 bits per heavy atom. The zero-order valence-electron chi connectivity index (χ0n) is 13.5. The van der Waals surface area contributed by atoms with Crippen molar-refractivity contribution in [2.24, 2.45) is 11.8 Å². The Hall–Kier alpha value is -1.03. The van der Waals surface area contributed by atoms with Gasteiger partial charge in [0.05, 0.1) is 25.0 Å². The molecule has 1 heterocycles. The van der Waals surface area contributed by atoms with Crippen LogP contribution in [0.25, 0.3) is 0 Å². The summed E-state index contributed by atoms with van der Waals surface area (Å²) in [6.07, 6.45) is 7.10. The largest absolute Gasteiger partial charge is 0.493 e. The van der Waals surface area contributed by atoms with Crippen LogP contribution in [-0.4, -0.2) is 23.9 Å². The quantitative estimate of drug-likeness (QED) is 0.895. The SMILES string of the molecule is CNC(c1c(OC)cnn1C(C)C)C1CCC(C)CC1. The first kappa shape index (κ1) is 15.4. The summed E-state index contributed by atoms with van der Waals surface area (Å²) in [7, 11) is 3.79. The summed E-state index contributed by atoms with van der Waals surface area (Å²) in [6, 6.07) is 0.689. The molecule has 1 aliphatic carbocycles. The molecule has 0 amide bonds. The molecule has 1 aromatic heterocycles. The Labute approximate surface area is 122 Å². The molecule has 2 rings (SSSR count). The molecule has 0 spiro atoms. The Morgan fingerprint density at radius 1 is 1.30 bits per heavy atom. The number of nitrogens with one attached hydrogen (secondary N) is 1. The van der Waals surface area contributed by atoms with E-state index in [4.69, 9.17) is 4.74 Å². The minimum atomic E-state index is 0.336. The van der Waals surface area contributed by atoms with Crippen LogP contribution in [0.2, 0.25) is 0 Å². The lowest BCUT2D eigenvalue weighted by Gasteiger charge is -2.33. The lowest BCUT2D eigenvalue weighted by Crippen LogP contribution is -2.31. The van der Waals surface area contributed by atoms with E-state index < -0.39 is 0 Å². The molecule has 0 radical (unpaired) electrons. The molecule has 0 bridgehead atoms. The van der Waals surface area contributed by atoms with Gasteiger partial charge >= 0.3 is 0 Å². The minimum absolute atomic E-state index is 0.336. The Balaban J connectivity index is 2.28. The highest BCUT2D eigenvalue weighted by atomic mass is 16.5. The van der Waals surface area contributed by atoms with Gasteiger partial charge in [0.15, 0.2) is 5.75 Å². The third-order valence-corrected chi connectivity index (χ3v) is 4.65. The van der Waals surface area contributed by atoms with E-state index in [0.29, 0.717) is 18.0 Å². The van der Waals surface area contributed by atoms with Gasteiger partial charge in [0, 0.05) is 6.04 Å². The highest BCUT2D eigenvalue weighted by Gasteiger charge is 2.31. The summed E-state index contributed by atoms with van der Waals surface area (Å²) in [6.45, 7) is 6.71. The van der Waals surface area contributed by atoms with Gasteiger partial charge in [-0.15, -0.1) is 0 Å². The van der Waals surface area contributed by atoms with Crippen molar-refractivity contribution in [2.75, 3.05) is 14.2 Å². The lowest BCUT2D eigenvalue weighted by atomic mass is 9.78. The molecular formula is C16H29N3O. The average Bonchev–Trinajstić information content (AvgIpc) is 2.86. The smallest absolute Gasteiger partial charge is 0.161 e. The summed E-state index contributed by atoms with van der Waals surface area (Å²) < 4.78 is 7.66. The zero-order chi connectivity index (χ0) is 14.7. The van der Waals surface area contributed by atoms with Gasteiger partial charge in [0.25, 0.3) is 0 Å². The van der Waals surface area contributed by atoms with Crippen molar-refractivity contribution in [1.29, 1.82) is 0 Å². The third-order valence-electron chi connectivity index (χ3n) is 4.65. The van der Waals surface area contributed by atoms with Gasteiger partial charge in [-0.25, -0.2) is 0 Å². The van der Waals surface area contributed by atoms with Crippen LogP contribution in [0.3, 0.4) is 0 Å². The molecule has 1 saturated carbocycles. The summed E-state index contributed by atoms with van der Waals surface area (Å²) in [4.78, 5) is 0. The van der Waals surface area contributed by atoms with Crippen LogP contribution in [0.5, 0.6) is 5.75 Å². The molecule has 0 aromatic carbocycles. The number of aromatic nitrogens is 2. The van der Waals surface area contributed by atoms with Crippen LogP contribution < -0.4 is 10.1 Å². The van der Waals surface area contributed by atoms with Gasteiger partial charge in [-0.05, 0) is 45.6 Å². The van der Waals surface area contributed by atoms with Crippen LogP contribution in [0, 0.1) is 11.8 Å². The summed E-state index contributed by atoms with van der Waals surface area (Å²) in [5, 5.41) is 8.03. The van der Waals surface area contributed by atoms with Crippen LogP contribution in [0.4, 0.5) is 0 Å². The fourth-order valence-electron chi connectivity index (χ4n) is 3.44. The van der Waals surface area contributed by atoms with Gasteiger partial charge in [-0.3, -0.25) is 4.68 Å². The lowest BCUT2D eigenvalue weighted by molar-refractivity contribution is 0.225. The summed E-state index contributed by atoms with van der Waals surface area (Å²) in [5.41, 5.74) is 1.21. The van der Waals surface area contributed by atoms with Crippen molar-refractivity contribution >= 4 is 0 Å². The number of rotatable bonds is 5. The van der Waals surface area contributed by atoms with Gasteiger partial charge in [0.2, 0.25) is 0 Å². The van der Waals surface area contributed by atoms with Crippen molar-refractivity contribution in [1.82, 2.24) is 15.1 Å². The first-order chi connectivity index (χ1) is 9.58. The Kier molecular flexibility index (Phi) is 5.08. The fraction of sp³-hybridized carbons (Fsp3) is 0.812. The van der Waals surface area contributed by atoms with Crippen LogP contribution in [0.15, 0.2) is 6.20 Å². The van der Waals surface area contributed by atoms with Crippen LogP contribution in [0.1, 0.15) is 64.2 Å². The van der Waals surface area contributed by atoms with Crippen molar-refractivity contribution in [3.8, 4) is 5.75 Å². The van der Waals surface area contributed by atoms with Crippen molar-refractivity contribution in [2.45, 2.75) is 58.5 Å². The first-order valence-electron chi connectivity index (χ1n) is 7.87. The predicted octanol–water partition coefficient (Wildman–Crippen LogP) is 3.56.